The maximum atomic E-state index is 11.9. The minimum Gasteiger partial charge on any atom is -0.406 e. The number of rotatable bonds is 4. The third-order valence-electron chi connectivity index (χ3n) is 2.42. The van der Waals surface area contributed by atoms with E-state index >= 15 is 0 Å². The largest absolute Gasteiger partial charge is 0.573 e. The van der Waals surface area contributed by atoms with Crippen molar-refractivity contribution in [1.82, 2.24) is 0 Å². The van der Waals surface area contributed by atoms with Gasteiger partial charge in [0.15, 0.2) is 0 Å². The van der Waals surface area contributed by atoms with Crippen LogP contribution in [0.3, 0.4) is 0 Å². The summed E-state index contributed by atoms with van der Waals surface area (Å²) in [7, 11) is 0. The minimum atomic E-state index is -4.69. The van der Waals surface area contributed by atoms with Crippen LogP contribution < -0.4 is 4.74 Å². The Morgan fingerprint density at radius 1 is 1.29 bits per heavy atom. The molecule has 0 fully saturated rings. The molecule has 5 heteroatoms. The highest BCUT2D eigenvalue weighted by Crippen LogP contribution is 2.26. The van der Waals surface area contributed by atoms with Crippen molar-refractivity contribution < 1.29 is 22.7 Å². The predicted octanol–water partition coefficient (Wildman–Crippen LogP) is 3.67. The average molecular weight is 246 g/mol. The van der Waals surface area contributed by atoms with Gasteiger partial charge in [0.1, 0.15) is 11.5 Å². The van der Waals surface area contributed by atoms with Crippen LogP contribution >= 0.6 is 0 Å². The molecule has 0 aliphatic carbocycles. The van der Waals surface area contributed by atoms with E-state index in [1.54, 1.807) is 0 Å². The van der Waals surface area contributed by atoms with Gasteiger partial charge in [-0.25, -0.2) is 0 Å². The molecule has 0 amide bonds. The number of Topliss-reactive ketones (excluding diaryl/α,β-unsaturated/α-hetero) is 1. The van der Waals surface area contributed by atoms with Crippen molar-refractivity contribution in [2.24, 2.45) is 0 Å². The maximum absolute atomic E-state index is 11.9. The lowest BCUT2D eigenvalue weighted by atomic mass is 9.93. The third kappa shape index (κ3) is 4.09. The van der Waals surface area contributed by atoms with E-state index in [9.17, 15) is 18.0 Å². The van der Waals surface area contributed by atoms with Crippen molar-refractivity contribution in [2.75, 3.05) is 0 Å². The summed E-state index contributed by atoms with van der Waals surface area (Å²) in [6.45, 7) is 3.32. The lowest BCUT2D eigenvalue weighted by molar-refractivity contribution is -0.274. The second-order valence-electron chi connectivity index (χ2n) is 3.69. The van der Waals surface area contributed by atoms with Crippen molar-refractivity contribution in [2.45, 2.75) is 32.5 Å². The van der Waals surface area contributed by atoms with Gasteiger partial charge >= 0.3 is 6.36 Å². The monoisotopic (exact) mass is 246 g/mol. The van der Waals surface area contributed by atoms with E-state index in [0.717, 1.165) is 0 Å². The highest BCUT2D eigenvalue weighted by Gasteiger charge is 2.31. The first-order valence-corrected chi connectivity index (χ1v) is 5.19. The molecule has 0 aromatic heterocycles. The number of alkyl halides is 3. The first-order chi connectivity index (χ1) is 7.83. The van der Waals surface area contributed by atoms with Gasteiger partial charge < -0.3 is 4.74 Å². The topological polar surface area (TPSA) is 26.3 Å². The standard InChI is InChI=1S/C12H13F3O2/c1-3-11(8(2)16)9-4-6-10(7-5-9)17-12(13,14)15/h4-7,11H,3H2,1-2H3. The van der Waals surface area contributed by atoms with Crippen molar-refractivity contribution in [3.8, 4) is 5.75 Å². The fourth-order valence-corrected chi connectivity index (χ4v) is 1.66. The summed E-state index contributed by atoms with van der Waals surface area (Å²) in [4.78, 5) is 11.3. The van der Waals surface area contributed by atoms with Gasteiger partial charge in [0.25, 0.3) is 0 Å². The Kier molecular flexibility index (Phi) is 4.15. The Labute approximate surface area is 97.4 Å². The van der Waals surface area contributed by atoms with Crippen LogP contribution in [-0.4, -0.2) is 12.1 Å². The summed E-state index contributed by atoms with van der Waals surface area (Å²) in [5, 5.41) is 0. The molecule has 1 atom stereocenters. The molecule has 1 unspecified atom stereocenters. The van der Waals surface area contributed by atoms with Gasteiger partial charge in [-0.2, -0.15) is 0 Å². The van der Waals surface area contributed by atoms with Crippen LogP contribution in [0.5, 0.6) is 5.75 Å². The molecular formula is C12H13F3O2. The highest BCUT2D eigenvalue weighted by molar-refractivity contribution is 5.83. The fourth-order valence-electron chi connectivity index (χ4n) is 1.66. The molecule has 1 rings (SSSR count). The Bertz CT molecular complexity index is 382. The van der Waals surface area contributed by atoms with Crippen LogP contribution in [-0.2, 0) is 4.79 Å². The lowest BCUT2D eigenvalue weighted by Gasteiger charge is -2.13. The van der Waals surface area contributed by atoms with E-state index in [1.807, 2.05) is 6.92 Å². The summed E-state index contributed by atoms with van der Waals surface area (Å²) in [5.74, 6) is -0.549. The van der Waals surface area contributed by atoms with Crippen LogP contribution in [0.15, 0.2) is 24.3 Å². The van der Waals surface area contributed by atoms with E-state index < -0.39 is 6.36 Å². The number of ketones is 1. The van der Waals surface area contributed by atoms with Gasteiger partial charge in [0.05, 0.1) is 0 Å². The summed E-state index contributed by atoms with van der Waals surface area (Å²) >= 11 is 0. The van der Waals surface area contributed by atoms with Crippen LogP contribution in [0, 0.1) is 0 Å². The number of ether oxygens (including phenoxy) is 1. The molecule has 0 heterocycles. The predicted molar refractivity (Wildman–Crippen MR) is 56.8 cm³/mol. The number of halogens is 3. The summed E-state index contributed by atoms with van der Waals surface area (Å²) in [5.41, 5.74) is 0.703. The molecule has 0 bridgehead atoms. The molecule has 0 saturated carbocycles. The van der Waals surface area contributed by atoms with Crippen molar-refractivity contribution in [3.63, 3.8) is 0 Å². The molecule has 1 aromatic carbocycles. The maximum Gasteiger partial charge on any atom is 0.573 e. The van der Waals surface area contributed by atoms with Gasteiger partial charge in [0.2, 0.25) is 0 Å². The fraction of sp³-hybridized carbons (Fsp3) is 0.417. The zero-order chi connectivity index (χ0) is 13.1. The normalized spacial score (nSPS) is 13.2. The molecule has 0 saturated heterocycles. The second kappa shape index (κ2) is 5.21. The Morgan fingerprint density at radius 3 is 2.18 bits per heavy atom. The van der Waals surface area contributed by atoms with E-state index in [4.69, 9.17) is 0 Å². The number of hydrogen-bond acceptors (Lipinski definition) is 2. The van der Waals surface area contributed by atoms with Crippen molar-refractivity contribution in [1.29, 1.82) is 0 Å². The number of carbonyl (C=O) groups excluding carboxylic acids is 1. The van der Waals surface area contributed by atoms with Gasteiger partial charge in [0, 0.05) is 5.92 Å². The SMILES string of the molecule is CCC(C(C)=O)c1ccc(OC(F)(F)F)cc1. The van der Waals surface area contributed by atoms with Crippen molar-refractivity contribution >= 4 is 5.78 Å². The van der Waals surface area contributed by atoms with Crippen molar-refractivity contribution in [3.05, 3.63) is 29.8 Å². The minimum absolute atomic E-state index is 0.00279. The third-order valence-corrected chi connectivity index (χ3v) is 2.42. The molecule has 94 valence electrons. The van der Waals surface area contributed by atoms with Crippen LogP contribution in [0.4, 0.5) is 13.2 Å². The summed E-state index contributed by atoms with van der Waals surface area (Å²) < 4.78 is 39.5. The molecular weight excluding hydrogens is 233 g/mol. The Hall–Kier alpha value is -1.52. The molecule has 17 heavy (non-hydrogen) atoms. The van der Waals surface area contributed by atoms with Gasteiger partial charge in [-0.3, -0.25) is 4.79 Å². The van der Waals surface area contributed by atoms with E-state index in [1.165, 1.54) is 31.2 Å². The first kappa shape index (κ1) is 13.5. The number of benzene rings is 1. The quantitative estimate of drug-likeness (QED) is 0.810. The zero-order valence-corrected chi connectivity index (χ0v) is 9.54. The summed E-state index contributed by atoms with van der Waals surface area (Å²) in [6, 6.07) is 5.40. The summed E-state index contributed by atoms with van der Waals surface area (Å²) in [6.07, 6.45) is -4.07. The molecule has 1 aromatic rings. The number of carbonyl (C=O) groups is 1. The molecule has 0 spiro atoms. The smallest absolute Gasteiger partial charge is 0.406 e. The molecule has 0 radical (unpaired) electrons. The Morgan fingerprint density at radius 2 is 1.82 bits per heavy atom. The number of hydrogen-bond donors (Lipinski definition) is 0. The van der Waals surface area contributed by atoms with Crippen LogP contribution in [0.1, 0.15) is 31.7 Å². The van der Waals surface area contributed by atoms with Crippen LogP contribution in [0.2, 0.25) is 0 Å². The van der Waals surface area contributed by atoms with E-state index in [0.29, 0.717) is 12.0 Å². The van der Waals surface area contributed by atoms with Gasteiger partial charge in [-0.1, -0.05) is 19.1 Å². The zero-order valence-electron chi connectivity index (χ0n) is 9.54. The first-order valence-electron chi connectivity index (χ1n) is 5.19. The average Bonchev–Trinajstić information content (AvgIpc) is 2.18. The Balaban J connectivity index is 2.84. The second-order valence-corrected chi connectivity index (χ2v) is 3.69. The molecule has 0 N–H and O–H groups in total. The van der Waals surface area contributed by atoms with Crippen LogP contribution in [0.25, 0.3) is 0 Å². The molecule has 0 aliphatic heterocycles. The molecule has 2 nitrogen and oxygen atoms in total. The van der Waals surface area contributed by atoms with E-state index in [-0.39, 0.29) is 17.5 Å². The highest BCUT2D eigenvalue weighted by atomic mass is 19.4. The lowest BCUT2D eigenvalue weighted by Crippen LogP contribution is -2.17. The van der Waals surface area contributed by atoms with E-state index in [2.05, 4.69) is 4.74 Å². The van der Waals surface area contributed by atoms with Gasteiger partial charge in [-0.15, -0.1) is 13.2 Å². The molecule has 0 aliphatic rings. The van der Waals surface area contributed by atoms with Gasteiger partial charge in [-0.05, 0) is 31.0 Å².